The maximum Gasteiger partial charge on any atom is 0.222 e. The van der Waals surface area contributed by atoms with E-state index in [0.717, 1.165) is 36.8 Å². The average molecular weight is 287 g/mol. The molecule has 3 atom stereocenters. The van der Waals surface area contributed by atoms with E-state index in [-0.39, 0.29) is 23.9 Å². The SMILES string of the molecule is CC(NC1CCCCC1C(N)=O)c1nc2ccccc2o1. The fourth-order valence-electron chi connectivity index (χ4n) is 3.14. The summed E-state index contributed by atoms with van der Waals surface area (Å²) in [6.45, 7) is 2.01. The Kier molecular flexibility index (Phi) is 3.92. The number of fused-ring (bicyclic) bond motifs is 1. The monoisotopic (exact) mass is 287 g/mol. The van der Waals surface area contributed by atoms with Crippen LogP contribution in [-0.4, -0.2) is 16.9 Å². The molecule has 1 heterocycles. The third kappa shape index (κ3) is 2.93. The molecule has 5 heteroatoms. The van der Waals surface area contributed by atoms with Gasteiger partial charge in [-0.1, -0.05) is 25.0 Å². The lowest BCUT2D eigenvalue weighted by Gasteiger charge is -2.31. The lowest BCUT2D eigenvalue weighted by atomic mass is 9.83. The summed E-state index contributed by atoms with van der Waals surface area (Å²) in [5.41, 5.74) is 7.16. The molecule has 0 saturated heterocycles. The summed E-state index contributed by atoms with van der Waals surface area (Å²) in [5, 5.41) is 3.47. The normalized spacial score (nSPS) is 24.0. The lowest BCUT2D eigenvalue weighted by molar-refractivity contribution is -0.123. The highest BCUT2D eigenvalue weighted by molar-refractivity contribution is 5.77. The zero-order valence-electron chi connectivity index (χ0n) is 12.2. The van der Waals surface area contributed by atoms with Gasteiger partial charge in [0.15, 0.2) is 5.58 Å². The number of nitrogens with one attached hydrogen (secondary N) is 1. The molecule has 3 rings (SSSR count). The van der Waals surface area contributed by atoms with Crippen molar-refractivity contribution < 1.29 is 9.21 Å². The number of oxazole rings is 1. The summed E-state index contributed by atoms with van der Waals surface area (Å²) in [7, 11) is 0. The van der Waals surface area contributed by atoms with Crippen molar-refractivity contribution in [1.29, 1.82) is 0 Å². The van der Waals surface area contributed by atoms with Crippen LogP contribution in [0, 0.1) is 5.92 Å². The summed E-state index contributed by atoms with van der Waals surface area (Å²) in [5.74, 6) is 0.354. The van der Waals surface area contributed by atoms with Crippen molar-refractivity contribution in [2.45, 2.75) is 44.7 Å². The second kappa shape index (κ2) is 5.85. The van der Waals surface area contributed by atoms with E-state index < -0.39 is 0 Å². The summed E-state index contributed by atoms with van der Waals surface area (Å²) in [4.78, 5) is 16.1. The number of nitrogens with zero attached hydrogens (tertiary/aromatic N) is 1. The van der Waals surface area contributed by atoms with Gasteiger partial charge in [0.25, 0.3) is 0 Å². The van der Waals surface area contributed by atoms with Crippen LogP contribution in [0.15, 0.2) is 28.7 Å². The smallest absolute Gasteiger partial charge is 0.222 e. The van der Waals surface area contributed by atoms with Crippen LogP contribution in [0.2, 0.25) is 0 Å². The number of carbonyl (C=O) groups excluding carboxylic acids is 1. The summed E-state index contributed by atoms with van der Waals surface area (Å²) >= 11 is 0. The van der Waals surface area contributed by atoms with Crippen LogP contribution in [-0.2, 0) is 4.79 Å². The Morgan fingerprint density at radius 1 is 1.38 bits per heavy atom. The Hall–Kier alpha value is -1.88. The fraction of sp³-hybridized carbons (Fsp3) is 0.500. The van der Waals surface area contributed by atoms with Crippen LogP contribution in [0.4, 0.5) is 0 Å². The summed E-state index contributed by atoms with van der Waals surface area (Å²) in [6, 6.07) is 7.78. The molecule has 1 aliphatic carbocycles. The molecule has 1 aliphatic rings. The predicted octanol–water partition coefficient (Wildman–Crippen LogP) is 2.52. The van der Waals surface area contributed by atoms with Crippen molar-refractivity contribution in [3.05, 3.63) is 30.2 Å². The van der Waals surface area contributed by atoms with E-state index in [0.29, 0.717) is 5.89 Å². The van der Waals surface area contributed by atoms with Gasteiger partial charge in [-0.25, -0.2) is 4.98 Å². The second-order valence-corrected chi connectivity index (χ2v) is 5.81. The zero-order valence-corrected chi connectivity index (χ0v) is 12.2. The number of primary amides is 1. The second-order valence-electron chi connectivity index (χ2n) is 5.81. The van der Waals surface area contributed by atoms with Crippen molar-refractivity contribution in [3.8, 4) is 0 Å². The molecule has 0 spiro atoms. The lowest BCUT2D eigenvalue weighted by Crippen LogP contribution is -2.45. The topological polar surface area (TPSA) is 81.1 Å². The largest absolute Gasteiger partial charge is 0.439 e. The van der Waals surface area contributed by atoms with Gasteiger partial charge in [-0.2, -0.15) is 0 Å². The Morgan fingerprint density at radius 2 is 2.14 bits per heavy atom. The molecule has 1 aromatic carbocycles. The maximum absolute atomic E-state index is 11.6. The van der Waals surface area contributed by atoms with E-state index in [1.165, 1.54) is 0 Å². The van der Waals surface area contributed by atoms with Crippen LogP contribution >= 0.6 is 0 Å². The van der Waals surface area contributed by atoms with Crippen LogP contribution in [0.25, 0.3) is 11.1 Å². The Bertz CT molecular complexity index is 604. The minimum absolute atomic E-state index is 0.0395. The van der Waals surface area contributed by atoms with E-state index in [2.05, 4.69) is 10.3 Å². The Balaban J connectivity index is 1.75. The predicted molar refractivity (Wildman–Crippen MR) is 80.5 cm³/mol. The average Bonchev–Trinajstić information content (AvgIpc) is 2.91. The number of nitrogens with two attached hydrogens (primary N) is 1. The molecule has 1 amide bonds. The molecule has 0 aliphatic heterocycles. The minimum Gasteiger partial charge on any atom is -0.439 e. The molecular formula is C16H21N3O2. The number of amides is 1. The number of carbonyl (C=O) groups is 1. The first kappa shape index (κ1) is 14.1. The van der Waals surface area contributed by atoms with E-state index in [9.17, 15) is 4.79 Å². The number of para-hydroxylation sites is 2. The molecular weight excluding hydrogens is 266 g/mol. The Labute approximate surface area is 123 Å². The highest BCUT2D eigenvalue weighted by atomic mass is 16.3. The van der Waals surface area contributed by atoms with Crippen molar-refractivity contribution in [1.82, 2.24) is 10.3 Å². The third-order valence-corrected chi connectivity index (χ3v) is 4.28. The van der Waals surface area contributed by atoms with E-state index >= 15 is 0 Å². The molecule has 21 heavy (non-hydrogen) atoms. The maximum atomic E-state index is 11.6. The van der Waals surface area contributed by atoms with Crippen LogP contribution < -0.4 is 11.1 Å². The fourth-order valence-corrected chi connectivity index (χ4v) is 3.14. The molecule has 1 saturated carbocycles. The van der Waals surface area contributed by atoms with E-state index in [1.54, 1.807) is 0 Å². The van der Waals surface area contributed by atoms with Gasteiger partial charge in [0, 0.05) is 6.04 Å². The first-order valence-electron chi connectivity index (χ1n) is 7.56. The van der Waals surface area contributed by atoms with Crippen LogP contribution in [0.5, 0.6) is 0 Å². The number of hydrogen-bond donors (Lipinski definition) is 2. The van der Waals surface area contributed by atoms with Gasteiger partial charge in [0.05, 0.1) is 12.0 Å². The molecule has 112 valence electrons. The molecule has 0 bridgehead atoms. The standard InChI is InChI=1S/C16H21N3O2/c1-10(16-19-13-8-4-5-9-14(13)21-16)18-12-7-3-2-6-11(12)15(17)20/h4-5,8-12,18H,2-3,6-7H2,1H3,(H2,17,20). The summed E-state index contributed by atoms with van der Waals surface area (Å²) in [6.07, 6.45) is 4.04. The van der Waals surface area contributed by atoms with Crippen LogP contribution in [0.1, 0.15) is 44.5 Å². The van der Waals surface area contributed by atoms with Crippen molar-refractivity contribution in [2.75, 3.05) is 0 Å². The van der Waals surface area contributed by atoms with E-state index in [4.69, 9.17) is 10.2 Å². The molecule has 2 aromatic rings. The first-order chi connectivity index (χ1) is 10.1. The Morgan fingerprint density at radius 3 is 2.90 bits per heavy atom. The van der Waals surface area contributed by atoms with Gasteiger partial charge in [-0.05, 0) is 31.9 Å². The molecule has 1 fully saturated rings. The van der Waals surface area contributed by atoms with Crippen LogP contribution in [0.3, 0.4) is 0 Å². The summed E-state index contributed by atoms with van der Waals surface area (Å²) < 4.78 is 5.78. The van der Waals surface area contributed by atoms with Gasteiger partial charge in [0.2, 0.25) is 11.8 Å². The molecule has 0 radical (unpaired) electrons. The van der Waals surface area contributed by atoms with E-state index in [1.807, 2.05) is 31.2 Å². The number of rotatable bonds is 4. The highest BCUT2D eigenvalue weighted by Crippen LogP contribution is 2.27. The molecule has 1 aromatic heterocycles. The molecule has 5 nitrogen and oxygen atoms in total. The highest BCUT2D eigenvalue weighted by Gasteiger charge is 2.31. The molecule has 3 unspecified atom stereocenters. The number of benzene rings is 1. The van der Waals surface area contributed by atoms with Crippen molar-refractivity contribution in [3.63, 3.8) is 0 Å². The first-order valence-corrected chi connectivity index (χ1v) is 7.56. The quantitative estimate of drug-likeness (QED) is 0.905. The van der Waals surface area contributed by atoms with Crippen molar-refractivity contribution in [2.24, 2.45) is 11.7 Å². The van der Waals surface area contributed by atoms with Gasteiger partial charge < -0.3 is 15.5 Å². The number of hydrogen-bond acceptors (Lipinski definition) is 4. The molecule has 3 N–H and O–H groups in total. The van der Waals surface area contributed by atoms with Gasteiger partial charge in [-0.3, -0.25) is 4.79 Å². The number of aromatic nitrogens is 1. The zero-order chi connectivity index (χ0) is 14.8. The van der Waals surface area contributed by atoms with Gasteiger partial charge in [0.1, 0.15) is 5.52 Å². The van der Waals surface area contributed by atoms with Crippen molar-refractivity contribution >= 4 is 17.0 Å². The van der Waals surface area contributed by atoms with Gasteiger partial charge in [-0.15, -0.1) is 0 Å². The minimum atomic E-state index is -0.211. The van der Waals surface area contributed by atoms with Gasteiger partial charge >= 0.3 is 0 Å². The third-order valence-electron chi connectivity index (χ3n) is 4.28.